The van der Waals surface area contributed by atoms with Crippen molar-refractivity contribution in [1.82, 2.24) is 4.98 Å². The first-order valence-corrected chi connectivity index (χ1v) is 6.45. The number of thiophene rings is 1. The van der Waals surface area contributed by atoms with Gasteiger partial charge in [-0.05, 0) is 20.8 Å². The largest absolute Gasteiger partial charge is 0.464 e. The highest BCUT2D eigenvalue weighted by atomic mass is 32.1. The molecule has 2 aromatic rings. The Labute approximate surface area is 113 Å². The molecule has 19 heavy (non-hydrogen) atoms. The van der Waals surface area contributed by atoms with Crippen molar-refractivity contribution in [3.05, 3.63) is 21.7 Å². The number of aromatic amines is 1. The first kappa shape index (κ1) is 13.5. The van der Waals surface area contributed by atoms with Crippen molar-refractivity contribution in [2.24, 2.45) is 0 Å². The van der Waals surface area contributed by atoms with Gasteiger partial charge >= 0.3 is 5.97 Å². The number of carbonyl (C=O) groups excluding carboxylic acids is 3. The highest BCUT2D eigenvalue weighted by molar-refractivity contribution is 7.19. The maximum Gasteiger partial charge on any atom is 0.355 e. The zero-order chi connectivity index (χ0) is 14.3. The molecule has 0 aliphatic carbocycles. The maximum absolute atomic E-state index is 11.7. The second kappa shape index (κ2) is 4.62. The average Bonchev–Trinajstić information content (AvgIpc) is 2.81. The molecular weight excluding hydrogens is 266 g/mol. The average molecular weight is 279 g/mol. The van der Waals surface area contributed by atoms with Crippen LogP contribution in [0.25, 0.3) is 10.2 Å². The zero-order valence-electron chi connectivity index (χ0n) is 11.0. The van der Waals surface area contributed by atoms with E-state index >= 15 is 0 Å². The summed E-state index contributed by atoms with van der Waals surface area (Å²) in [7, 11) is 1.25. The first-order valence-electron chi connectivity index (χ1n) is 5.63. The SMILES string of the molecule is COC(=O)c1[nH]c2c(C(C)=O)c(C)sc2c1C(C)=O. The molecule has 100 valence electrons. The molecule has 0 atom stereocenters. The van der Waals surface area contributed by atoms with Gasteiger partial charge in [0.05, 0.1) is 28.5 Å². The number of nitrogens with one attached hydrogen (secondary N) is 1. The molecule has 2 rings (SSSR count). The number of carbonyl (C=O) groups is 3. The van der Waals surface area contributed by atoms with E-state index in [-0.39, 0.29) is 17.3 Å². The van der Waals surface area contributed by atoms with Crippen molar-refractivity contribution < 1.29 is 19.1 Å². The Morgan fingerprint density at radius 2 is 1.68 bits per heavy atom. The Morgan fingerprint density at radius 1 is 1.11 bits per heavy atom. The standard InChI is InChI=1S/C13H13NO4S/c1-5(15)8-7(3)19-12-9(6(2)16)11(13(17)18-4)14-10(8)12/h14H,1-4H3. The lowest BCUT2D eigenvalue weighted by molar-refractivity contribution is 0.0591. The summed E-state index contributed by atoms with van der Waals surface area (Å²) in [6.07, 6.45) is 0. The molecule has 0 saturated heterocycles. The van der Waals surface area contributed by atoms with Gasteiger partial charge in [0.15, 0.2) is 11.6 Å². The van der Waals surface area contributed by atoms with Crippen LogP contribution in [0.5, 0.6) is 0 Å². The number of Topliss-reactive ketones (excluding diaryl/α,β-unsaturated/α-hetero) is 2. The topological polar surface area (TPSA) is 76.2 Å². The third kappa shape index (κ3) is 1.98. The van der Waals surface area contributed by atoms with E-state index in [1.165, 1.54) is 32.3 Å². The third-order valence-corrected chi connectivity index (χ3v) is 4.03. The number of rotatable bonds is 3. The number of esters is 1. The fourth-order valence-corrected chi connectivity index (χ4v) is 3.41. The van der Waals surface area contributed by atoms with Crippen molar-refractivity contribution >= 4 is 39.1 Å². The van der Waals surface area contributed by atoms with Crippen LogP contribution in [-0.4, -0.2) is 29.6 Å². The van der Waals surface area contributed by atoms with Crippen LogP contribution in [0, 0.1) is 6.92 Å². The van der Waals surface area contributed by atoms with Crippen molar-refractivity contribution in [3.8, 4) is 0 Å². The minimum Gasteiger partial charge on any atom is -0.464 e. The van der Waals surface area contributed by atoms with Crippen LogP contribution in [0.15, 0.2) is 0 Å². The molecule has 0 spiro atoms. The van der Waals surface area contributed by atoms with Crippen LogP contribution < -0.4 is 0 Å². The number of aryl methyl sites for hydroxylation is 1. The number of hydrogen-bond acceptors (Lipinski definition) is 5. The molecule has 0 amide bonds. The summed E-state index contributed by atoms with van der Waals surface area (Å²) in [5.41, 5.74) is 1.47. The van der Waals surface area contributed by atoms with Crippen molar-refractivity contribution in [1.29, 1.82) is 0 Å². The van der Waals surface area contributed by atoms with Gasteiger partial charge in [-0.25, -0.2) is 4.79 Å². The highest BCUT2D eigenvalue weighted by Crippen LogP contribution is 2.35. The second-order valence-corrected chi connectivity index (χ2v) is 5.44. The van der Waals surface area contributed by atoms with E-state index in [2.05, 4.69) is 9.72 Å². The maximum atomic E-state index is 11.7. The molecule has 0 saturated carbocycles. The fourth-order valence-electron chi connectivity index (χ4n) is 2.16. The Bertz CT molecular complexity index is 708. The number of H-pyrrole nitrogens is 1. The number of hydrogen-bond donors (Lipinski definition) is 1. The van der Waals surface area contributed by atoms with Gasteiger partial charge in [-0.2, -0.15) is 0 Å². The number of fused-ring (bicyclic) bond motifs is 1. The smallest absolute Gasteiger partial charge is 0.355 e. The van der Waals surface area contributed by atoms with Crippen LogP contribution in [0.3, 0.4) is 0 Å². The summed E-state index contributed by atoms with van der Waals surface area (Å²) in [5.74, 6) is -0.944. The summed E-state index contributed by atoms with van der Waals surface area (Å²) >= 11 is 1.33. The minimum absolute atomic E-state index is 0.100. The number of ketones is 2. The van der Waals surface area contributed by atoms with Gasteiger partial charge in [-0.1, -0.05) is 0 Å². The van der Waals surface area contributed by atoms with Gasteiger partial charge in [0.1, 0.15) is 5.69 Å². The third-order valence-electron chi connectivity index (χ3n) is 2.90. The lowest BCUT2D eigenvalue weighted by Crippen LogP contribution is -2.07. The molecule has 0 aromatic carbocycles. The van der Waals surface area contributed by atoms with Crippen LogP contribution >= 0.6 is 11.3 Å². The van der Waals surface area contributed by atoms with Crippen LogP contribution in [0.1, 0.15) is 49.9 Å². The number of aromatic nitrogens is 1. The normalized spacial score (nSPS) is 10.7. The predicted octanol–water partition coefficient (Wildman–Crippen LogP) is 2.73. The summed E-state index contributed by atoms with van der Waals surface area (Å²) in [6.45, 7) is 4.66. The molecule has 0 aliphatic heterocycles. The minimum atomic E-state index is -0.610. The molecule has 0 unspecified atom stereocenters. The molecule has 6 heteroatoms. The molecule has 5 nitrogen and oxygen atoms in total. The van der Waals surface area contributed by atoms with E-state index in [1.54, 1.807) is 0 Å². The molecule has 0 bridgehead atoms. The molecule has 0 fully saturated rings. The lowest BCUT2D eigenvalue weighted by Gasteiger charge is -1.99. The summed E-state index contributed by atoms with van der Waals surface area (Å²) in [6, 6.07) is 0. The van der Waals surface area contributed by atoms with Crippen LogP contribution in [0.2, 0.25) is 0 Å². The monoisotopic (exact) mass is 279 g/mol. The summed E-state index contributed by atoms with van der Waals surface area (Å²) in [4.78, 5) is 38.8. The van der Waals surface area contributed by atoms with Gasteiger partial charge in [-0.15, -0.1) is 11.3 Å². The fraction of sp³-hybridized carbons (Fsp3) is 0.308. The summed E-state index contributed by atoms with van der Waals surface area (Å²) < 4.78 is 5.29. The van der Waals surface area contributed by atoms with Crippen LogP contribution in [0.4, 0.5) is 0 Å². The van der Waals surface area contributed by atoms with E-state index in [0.717, 1.165) is 4.88 Å². The van der Waals surface area contributed by atoms with E-state index in [1.807, 2.05) is 6.92 Å². The number of methoxy groups -OCH3 is 1. The van der Waals surface area contributed by atoms with Gasteiger partial charge < -0.3 is 9.72 Å². The zero-order valence-corrected chi connectivity index (χ0v) is 11.9. The molecule has 2 heterocycles. The van der Waals surface area contributed by atoms with Crippen molar-refractivity contribution in [2.45, 2.75) is 20.8 Å². The Kier molecular flexibility index (Phi) is 3.28. The Morgan fingerprint density at radius 3 is 2.16 bits per heavy atom. The molecule has 2 aromatic heterocycles. The van der Waals surface area contributed by atoms with Crippen molar-refractivity contribution in [2.75, 3.05) is 7.11 Å². The quantitative estimate of drug-likeness (QED) is 0.692. The van der Waals surface area contributed by atoms with E-state index in [4.69, 9.17) is 0 Å². The second-order valence-electron chi connectivity index (χ2n) is 4.22. The van der Waals surface area contributed by atoms with Gasteiger partial charge in [0, 0.05) is 4.88 Å². The van der Waals surface area contributed by atoms with Crippen LogP contribution in [-0.2, 0) is 4.74 Å². The lowest BCUT2D eigenvalue weighted by atomic mass is 10.1. The first-order chi connectivity index (χ1) is 8.88. The molecule has 0 radical (unpaired) electrons. The summed E-state index contributed by atoms with van der Waals surface area (Å²) in [5, 5.41) is 0. The van der Waals surface area contributed by atoms with E-state index in [0.29, 0.717) is 21.3 Å². The van der Waals surface area contributed by atoms with Gasteiger partial charge in [0.2, 0.25) is 0 Å². The molecule has 1 N–H and O–H groups in total. The van der Waals surface area contributed by atoms with E-state index in [9.17, 15) is 14.4 Å². The Hall–Kier alpha value is -1.95. The Balaban J connectivity index is 2.86. The van der Waals surface area contributed by atoms with Gasteiger partial charge in [-0.3, -0.25) is 9.59 Å². The molecular formula is C13H13NO4S. The predicted molar refractivity (Wildman–Crippen MR) is 72.3 cm³/mol. The van der Waals surface area contributed by atoms with E-state index < -0.39 is 5.97 Å². The van der Waals surface area contributed by atoms with Gasteiger partial charge in [0.25, 0.3) is 0 Å². The molecule has 0 aliphatic rings. The van der Waals surface area contributed by atoms with Crippen molar-refractivity contribution in [3.63, 3.8) is 0 Å². The number of ether oxygens (including phenoxy) is 1. The highest BCUT2D eigenvalue weighted by Gasteiger charge is 2.26.